The molecule has 264 valence electrons. The van der Waals surface area contributed by atoms with Crippen LogP contribution >= 0.6 is 0 Å². The summed E-state index contributed by atoms with van der Waals surface area (Å²) >= 11 is 0. The van der Waals surface area contributed by atoms with E-state index >= 15 is 0 Å². The second kappa shape index (κ2) is 11.5. The molecule has 2 aliphatic rings. The average Bonchev–Trinajstić information content (AvgIpc) is 3.89. The predicted molar refractivity (Wildman–Crippen MR) is 239 cm³/mol. The largest absolute Gasteiger partial charge is 0.456 e. The highest BCUT2D eigenvalue weighted by atomic mass is 16.3. The van der Waals surface area contributed by atoms with Crippen LogP contribution in [0.5, 0.6) is 0 Å². The van der Waals surface area contributed by atoms with Gasteiger partial charge < -0.3 is 13.9 Å². The summed E-state index contributed by atoms with van der Waals surface area (Å²) in [5, 5.41) is 13.7. The van der Waals surface area contributed by atoms with E-state index in [0.29, 0.717) is 0 Å². The van der Waals surface area contributed by atoms with Gasteiger partial charge in [0.15, 0.2) is 0 Å². The molecule has 0 saturated carbocycles. The molecular weight excluding hydrogens is 693 g/mol. The maximum atomic E-state index is 6.34. The molecule has 11 aromatic rings. The van der Waals surface area contributed by atoms with E-state index < -0.39 is 0 Å². The summed E-state index contributed by atoms with van der Waals surface area (Å²) < 4.78 is 8.82. The van der Waals surface area contributed by atoms with Crippen molar-refractivity contribution in [1.29, 1.82) is 0 Å². The fourth-order valence-electron chi connectivity index (χ4n) is 9.93. The van der Waals surface area contributed by atoms with Crippen LogP contribution in [0, 0.1) is 0 Å². The van der Waals surface area contributed by atoms with Gasteiger partial charge in [0.25, 0.3) is 0 Å². The van der Waals surface area contributed by atoms with Gasteiger partial charge in [0.1, 0.15) is 11.2 Å². The number of rotatable bonds is 5. The normalized spacial score (nSPS) is 12.7. The molecule has 13 rings (SSSR count). The lowest BCUT2D eigenvalue weighted by molar-refractivity contribution is 0.669. The van der Waals surface area contributed by atoms with Crippen molar-refractivity contribution in [1.82, 2.24) is 4.57 Å². The Morgan fingerprint density at radius 1 is 0.404 bits per heavy atom. The van der Waals surface area contributed by atoms with E-state index in [1.54, 1.807) is 0 Å². The van der Waals surface area contributed by atoms with Gasteiger partial charge in [-0.15, -0.1) is 0 Å². The van der Waals surface area contributed by atoms with Gasteiger partial charge in [0.2, 0.25) is 0 Å². The van der Waals surface area contributed by atoms with Crippen molar-refractivity contribution < 1.29 is 4.42 Å². The molecule has 3 nitrogen and oxygen atoms in total. The van der Waals surface area contributed by atoms with E-state index in [9.17, 15) is 0 Å². The van der Waals surface area contributed by atoms with Crippen LogP contribution in [0.4, 0.5) is 17.1 Å². The van der Waals surface area contributed by atoms with Crippen LogP contribution in [0.1, 0.15) is 5.56 Å². The van der Waals surface area contributed by atoms with E-state index in [0.717, 1.165) is 44.7 Å². The SMILES string of the molecule is C(/c1ccccc1)=c1/c2cccc3c2-c2c1ccc1c(N(c4ccccc4)c4ccc5oc6ccccc6c5c4)cc4c(c21)c1c3cccc1n4-c1ccccc1. The van der Waals surface area contributed by atoms with Gasteiger partial charge in [-0.3, -0.25) is 0 Å². The van der Waals surface area contributed by atoms with Crippen LogP contribution in [0.25, 0.3) is 99.0 Å². The molecule has 0 radical (unpaired) electrons. The van der Waals surface area contributed by atoms with Gasteiger partial charge in [0.05, 0.1) is 16.7 Å². The highest BCUT2D eigenvalue weighted by Gasteiger charge is 2.29. The third-order valence-corrected chi connectivity index (χ3v) is 12.2. The van der Waals surface area contributed by atoms with E-state index in [4.69, 9.17) is 4.42 Å². The Kier molecular flexibility index (Phi) is 6.16. The number of hydrogen-bond donors (Lipinski definition) is 0. The molecule has 2 heterocycles. The number of fused-ring (bicyclic) bond motifs is 4. The lowest BCUT2D eigenvalue weighted by atomic mass is 9.93. The number of aromatic nitrogens is 1. The molecule has 2 aliphatic carbocycles. The molecule has 0 saturated heterocycles. The van der Waals surface area contributed by atoms with E-state index in [-0.39, 0.29) is 0 Å². The summed E-state index contributed by atoms with van der Waals surface area (Å²) in [7, 11) is 0. The lowest BCUT2D eigenvalue weighted by Crippen LogP contribution is -2.11. The molecule has 0 atom stereocenters. The van der Waals surface area contributed by atoms with Crippen molar-refractivity contribution in [2.24, 2.45) is 0 Å². The number of furan rings is 1. The Morgan fingerprint density at radius 3 is 1.93 bits per heavy atom. The summed E-state index contributed by atoms with van der Waals surface area (Å²) in [6.45, 7) is 0. The van der Waals surface area contributed by atoms with Gasteiger partial charge in [0, 0.05) is 49.4 Å². The molecule has 3 heteroatoms. The minimum absolute atomic E-state index is 0.885. The standard InChI is InChI=1S/C54H32N2O/c1-4-14-33(15-5-1)30-43-40-22-12-21-38-39-23-13-24-45-51(39)54-47(56(45)35-18-8-3-9-19-35)32-46(42-28-27-41(43)52(50(38)40)53(42)54)55(34-16-6-2-7-17-34)36-26-29-49-44(31-36)37-20-10-11-25-48(37)57-49/h1-32H/b43-30+. The average molecular weight is 725 g/mol. The van der Waals surface area contributed by atoms with Crippen LogP contribution in [0.3, 0.4) is 0 Å². The Labute approximate surface area is 327 Å². The van der Waals surface area contributed by atoms with Crippen LogP contribution in [-0.4, -0.2) is 4.57 Å². The van der Waals surface area contributed by atoms with Crippen LogP contribution in [-0.2, 0) is 0 Å². The number of nitrogens with zero attached hydrogens (tertiary/aromatic N) is 2. The molecular formula is C54H32N2O. The van der Waals surface area contributed by atoms with Crippen molar-refractivity contribution in [2.75, 3.05) is 4.90 Å². The maximum absolute atomic E-state index is 6.34. The number of anilines is 3. The molecule has 0 spiro atoms. The van der Waals surface area contributed by atoms with E-state index in [2.05, 4.69) is 198 Å². The van der Waals surface area contributed by atoms with E-state index in [1.807, 2.05) is 6.07 Å². The Hall–Kier alpha value is -7.62. The smallest absolute Gasteiger partial charge is 0.135 e. The zero-order valence-corrected chi connectivity index (χ0v) is 30.8. The molecule has 2 aromatic heterocycles. The summed E-state index contributed by atoms with van der Waals surface area (Å²) in [4.78, 5) is 2.45. The van der Waals surface area contributed by atoms with Crippen molar-refractivity contribution in [2.45, 2.75) is 0 Å². The quantitative estimate of drug-likeness (QED) is 0.176. The molecule has 0 aliphatic heterocycles. The number of para-hydroxylation sites is 3. The summed E-state index contributed by atoms with van der Waals surface area (Å²) in [5.74, 6) is 0. The molecule has 0 fully saturated rings. The highest BCUT2D eigenvalue weighted by molar-refractivity contribution is 6.39. The first kappa shape index (κ1) is 30.7. The van der Waals surface area contributed by atoms with E-state index in [1.165, 1.54) is 76.0 Å². The summed E-state index contributed by atoms with van der Waals surface area (Å²) in [5.41, 5.74) is 12.5. The first-order valence-corrected chi connectivity index (χ1v) is 19.6. The molecule has 57 heavy (non-hydrogen) atoms. The van der Waals surface area contributed by atoms with Gasteiger partial charge >= 0.3 is 0 Å². The Balaban J connectivity index is 1.25. The third kappa shape index (κ3) is 4.20. The number of benzene rings is 9. The second-order valence-corrected chi connectivity index (χ2v) is 15.2. The summed E-state index contributed by atoms with van der Waals surface area (Å²) in [6, 6.07) is 68.4. The highest BCUT2D eigenvalue weighted by Crippen LogP contribution is 2.54. The topological polar surface area (TPSA) is 21.3 Å². The van der Waals surface area contributed by atoms with Gasteiger partial charge in [-0.05, 0) is 110 Å². The van der Waals surface area contributed by atoms with Crippen LogP contribution in [0.15, 0.2) is 192 Å². The van der Waals surface area contributed by atoms with Gasteiger partial charge in [-0.1, -0.05) is 127 Å². The second-order valence-electron chi connectivity index (χ2n) is 15.2. The zero-order valence-electron chi connectivity index (χ0n) is 30.8. The fourth-order valence-corrected chi connectivity index (χ4v) is 9.93. The predicted octanol–water partition coefficient (Wildman–Crippen LogP) is 14.1. The van der Waals surface area contributed by atoms with Crippen LogP contribution < -0.4 is 10.1 Å². The maximum Gasteiger partial charge on any atom is 0.135 e. The first-order chi connectivity index (χ1) is 28.3. The lowest BCUT2D eigenvalue weighted by Gasteiger charge is -2.28. The minimum Gasteiger partial charge on any atom is -0.456 e. The summed E-state index contributed by atoms with van der Waals surface area (Å²) in [6.07, 6.45) is 2.38. The number of hydrogen-bond acceptors (Lipinski definition) is 2. The minimum atomic E-state index is 0.885. The monoisotopic (exact) mass is 724 g/mol. The zero-order chi connectivity index (χ0) is 37.2. The fraction of sp³-hybridized carbons (Fsp3) is 0. The van der Waals surface area contributed by atoms with Gasteiger partial charge in [-0.25, -0.2) is 0 Å². The van der Waals surface area contributed by atoms with Crippen molar-refractivity contribution >= 4 is 99.2 Å². The van der Waals surface area contributed by atoms with Gasteiger partial charge in [-0.2, -0.15) is 0 Å². The van der Waals surface area contributed by atoms with Crippen molar-refractivity contribution in [3.63, 3.8) is 0 Å². The Bertz CT molecular complexity index is 3670. The van der Waals surface area contributed by atoms with Crippen molar-refractivity contribution in [3.05, 3.63) is 199 Å². The van der Waals surface area contributed by atoms with Crippen molar-refractivity contribution in [3.8, 4) is 16.8 Å². The molecule has 0 N–H and O–H groups in total. The first-order valence-electron chi connectivity index (χ1n) is 19.6. The molecule has 0 unspecified atom stereocenters. The Morgan fingerprint density at radius 2 is 1.07 bits per heavy atom. The third-order valence-electron chi connectivity index (χ3n) is 12.2. The molecule has 0 amide bonds. The van der Waals surface area contributed by atoms with Crippen LogP contribution in [0.2, 0.25) is 0 Å². The molecule has 0 bridgehead atoms. The molecule has 9 aromatic carbocycles.